The Balaban J connectivity index is 1.86. The van der Waals surface area contributed by atoms with Gasteiger partial charge in [-0.3, -0.25) is 4.79 Å². The Morgan fingerprint density at radius 1 is 1.06 bits per heavy atom. The lowest BCUT2D eigenvalue weighted by Crippen LogP contribution is -2.31. The molecule has 1 aliphatic rings. The molecule has 0 spiro atoms. The number of allylic oxidation sites excluding steroid dienone is 2. The SMILES string of the molecule is O=C1CC(O)CC(/C=C/C(=C(c2ccc(F)cc2)c2ccc(F)cc2)n2cnnn2)O1. The molecule has 3 aromatic rings. The minimum absolute atomic E-state index is 0.0452. The topological polar surface area (TPSA) is 90.1 Å². The van der Waals surface area contributed by atoms with Gasteiger partial charge in [-0.1, -0.05) is 24.3 Å². The molecule has 1 aromatic heterocycles. The maximum atomic E-state index is 13.6. The smallest absolute Gasteiger partial charge is 0.309 e. The summed E-state index contributed by atoms with van der Waals surface area (Å²) in [6.07, 6.45) is 3.47. The fourth-order valence-electron chi connectivity index (χ4n) is 3.37. The molecule has 1 aliphatic heterocycles. The molecule has 2 atom stereocenters. The number of ether oxygens (including phenoxy) is 1. The van der Waals surface area contributed by atoms with E-state index in [9.17, 15) is 18.7 Å². The number of aromatic nitrogens is 4. The average Bonchev–Trinajstić information content (AvgIpc) is 3.27. The second-order valence-electron chi connectivity index (χ2n) is 7.01. The van der Waals surface area contributed by atoms with Gasteiger partial charge < -0.3 is 9.84 Å². The van der Waals surface area contributed by atoms with Gasteiger partial charge in [-0.2, -0.15) is 4.68 Å². The summed E-state index contributed by atoms with van der Waals surface area (Å²) in [6.45, 7) is 0. The summed E-state index contributed by atoms with van der Waals surface area (Å²) in [5.41, 5.74) is 2.37. The predicted octanol–water partition coefficient (Wildman–Crippen LogP) is 2.99. The van der Waals surface area contributed by atoms with E-state index >= 15 is 0 Å². The Kier molecular flexibility index (Phi) is 5.94. The molecule has 2 heterocycles. The van der Waals surface area contributed by atoms with Crippen LogP contribution in [0.4, 0.5) is 8.78 Å². The molecule has 158 valence electrons. The Bertz CT molecular complexity index is 1060. The van der Waals surface area contributed by atoms with Crippen molar-refractivity contribution in [3.8, 4) is 0 Å². The number of halogens is 2. The zero-order chi connectivity index (χ0) is 21.8. The fraction of sp³-hybridized carbons (Fsp3) is 0.182. The third kappa shape index (κ3) is 4.89. The summed E-state index contributed by atoms with van der Waals surface area (Å²) < 4.78 is 33.8. The van der Waals surface area contributed by atoms with Crippen molar-refractivity contribution in [1.82, 2.24) is 20.2 Å². The van der Waals surface area contributed by atoms with E-state index in [0.717, 1.165) is 0 Å². The van der Waals surface area contributed by atoms with E-state index < -0.39 is 29.8 Å². The number of hydrogen-bond acceptors (Lipinski definition) is 6. The zero-order valence-electron chi connectivity index (χ0n) is 16.2. The van der Waals surface area contributed by atoms with E-state index in [1.54, 1.807) is 36.4 Å². The monoisotopic (exact) mass is 424 g/mol. The quantitative estimate of drug-likeness (QED) is 0.500. The van der Waals surface area contributed by atoms with Crippen molar-refractivity contribution in [2.24, 2.45) is 0 Å². The second-order valence-corrected chi connectivity index (χ2v) is 7.01. The number of rotatable bonds is 5. The summed E-state index contributed by atoms with van der Waals surface area (Å²) in [5, 5.41) is 21.2. The Morgan fingerprint density at radius 2 is 1.68 bits per heavy atom. The molecule has 2 aromatic carbocycles. The summed E-state index contributed by atoms with van der Waals surface area (Å²) in [7, 11) is 0. The van der Waals surface area contributed by atoms with Gasteiger partial charge >= 0.3 is 5.97 Å². The van der Waals surface area contributed by atoms with Crippen LogP contribution < -0.4 is 0 Å². The summed E-state index contributed by atoms with van der Waals surface area (Å²) in [4.78, 5) is 11.7. The first kappa shape index (κ1) is 20.5. The van der Waals surface area contributed by atoms with Gasteiger partial charge in [-0.25, -0.2) is 8.78 Å². The largest absolute Gasteiger partial charge is 0.458 e. The van der Waals surface area contributed by atoms with Gasteiger partial charge in [0.2, 0.25) is 0 Å². The number of cyclic esters (lactones) is 1. The Hall–Kier alpha value is -3.72. The first-order valence-corrected chi connectivity index (χ1v) is 9.55. The highest BCUT2D eigenvalue weighted by Gasteiger charge is 2.25. The molecule has 1 N–H and O–H groups in total. The number of esters is 1. The zero-order valence-corrected chi connectivity index (χ0v) is 16.2. The van der Waals surface area contributed by atoms with E-state index in [0.29, 0.717) is 22.4 Å². The van der Waals surface area contributed by atoms with Crippen molar-refractivity contribution >= 4 is 17.2 Å². The highest BCUT2D eigenvalue weighted by molar-refractivity contribution is 5.96. The minimum Gasteiger partial charge on any atom is -0.458 e. The van der Waals surface area contributed by atoms with Crippen LogP contribution in [0.15, 0.2) is 67.0 Å². The van der Waals surface area contributed by atoms with E-state index in [1.165, 1.54) is 35.3 Å². The summed E-state index contributed by atoms with van der Waals surface area (Å²) in [5.74, 6) is -1.28. The van der Waals surface area contributed by atoms with Crippen LogP contribution in [0.5, 0.6) is 0 Å². The molecular formula is C22H18F2N4O3. The van der Waals surface area contributed by atoms with E-state index in [-0.39, 0.29) is 12.8 Å². The van der Waals surface area contributed by atoms with Crippen molar-refractivity contribution in [3.63, 3.8) is 0 Å². The molecule has 0 amide bonds. The Labute approximate surface area is 176 Å². The van der Waals surface area contributed by atoms with Crippen LogP contribution in [0.1, 0.15) is 24.0 Å². The van der Waals surface area contributed by atoms with Gasteiger partial charge in [0.15, 0.2) is 0 Å². The first-order valence-electron chi connectivity index (χ1n) is 9.55. The van der Waals surface area contributed by atoms with Crippen LogP contribution in [-0.2, 0) is 9.53 Å². The number of tetrazole rings is 1. The molecule has 31 heavy (non-hydrogen) atoms. The molecule has 7 nitrogen and oxygen atoms in total. The fourth-order valence-corrected chi connectivity index (χ4v) is 3.37. The molecule has 1 saturated heterocycles. The molecule has 4 rings (SSSR count). The van der Waals surface area contributed by atoms with Gasteiger partial charge in [0.05, 0.1) is 18.2 Å². The molecular weight excluding hydrogens is 406 g/mol. The lowest BCUT2D eigenvalue weighted by Gasteiger charge is -2.23. The van der Waals surface area contributed by atoms with Crippen LogP contribution in [-0.4, -0.2) is 43.5 Å². The molecule has 9 heteroatoms. The van der Waals surface area contributed by atoms with Crippen LogP contribution in [0, 0.1) is 11.6 Å². The van der Waals surface area contributed by atoms with E-state index in [1.807, 2.05) is 0 Å². The van der Waals surface area contributed by atoms with Gasteiger partial charge in [-0.05, 0) is 58.0 Å². The summed E-state index contributed by atoms with van der Waals surface area (Å²) in [6, 6.07) is 11.6. The summed E-state index contributed by atoms with van der Waals surface area (Å²) >= 11 is 0. The van der Waals surface area contributed by atoms with Crippen molar-refractivity contribution in [2.75, 3.05) is 0 Å². The van der Waals surface area contributed by atoms with Crippen molar-refractivity contribution in [2.45, 2.75) is 25.0 Å². The molecule has 0 bridgehead atoms. The third-order valence-electron chi connectivity index (χ3n) is 4.78. The van der Waals surface area contributed by atoms with Crippen molar-refractivity contribution < 1.29 is 23.4 Å². The predicted molar refractivity (Wildman–Crippen MR) is 107 cm³/mol. The maximum Gasteiger partial charge on any atom is 0.309 e. The van der Waals surface area contributed by atoms with Crippen LogP contribution in [0.2, 0.25) is 0 Å². The molecule has 1 fully saturated rings. The number of benzene rings is 2. The minimum atomic E-state index is -0.787. The third-order valence-corrected chi connectivity index (χ3v) is 4.78. The highest BCUT2D eigenvalue weighted by atomic mass is 19.1. The lowest BCUT2D eigenvalue weighted by atomic mass is 9.95. The molecule has 2 unspecified atom stereocenters. The molecule has 0 saturated carbocycles. The van der Waals surface area contributed by atoms with Gasteiger partial charge in [0.1, 0.15) is 24.1 Å². The van der Waals surface area contributed by atoms with Gasteiger partial charge in [0, 0.05) is 12.0 Å². The average molecular weight is 424 g/mol. The molecule has 0 aliphatic carbocycles. The standard InChI is InChI=1S/C22H18F2N4O3/c23-16-5-1-14(2-6-16)22(15-3-7-17(24)8-4-15)20(28-13-25-26-27-28)10-9-19-11-18(29)12-21(30)31-19/h1-10,13,18-19,29H,11-12H2/b10-9+. The number of nitrogens with zero attached hydrogens (tertiary/aromatic N) is 4. The van der Waals surface area contributed by atoms with Crippen LogP contribution in [0.3, 0.4) is 0 Å². The Morgan fingerprint density at radius 3 is 2.19 bits per heavy atom. The lowest BCUT2D eigenvalue weighted by molar-refractivity contribution is -0.156. The van der Waals surface area contributed by atoms with Crippen LogP contribution in [0.25, 0.3) is 11.3 Å². The van der Waals surface area contributed by atoms with E-state index in [4.69, 9.17) is 4.74 Å². The van der Waals surface area contributed by atoms with Crippen molar-refractivity contribution in [1.29, 1.82) is 0 Å². The second kappa shape index (κ2) is 8.97. The first-order chi connectivity index (χ1) is 15.0. The number of carbonyl (C=O) groups is 1. The maximum absolute atomic E-state index is 13.6. The molecule has 0 radical (unpaired) electrons. The van der Waals surface area contributed by atoms with Gasteiger partial charge in [-0.15, -0.1) is 5.10 Å². The highest BCUT2D eigenvalue weighted by Crippen LogP contribution is 2.30. The number of aliphatic hydroxyl groups excluding tert-OH is 1. The van der Waals surface area contributed by atoms with Crippen LogP contribution >= 0.6 is 0 Å². The number of aliphatic hydroxyl groups is 1. The number of carbonyl (C=O) groups excluding carboxylic acids is 1. The normalized spacial score (nSPS) is 18.7. The van der Waals surface area contributed by atoms with Gasteiger partial charge in [0.25, 0.3) is 0 Å². The van der Waals surface area contributed by atoms with E-state index in [2.05, 4.69) is 15.5 Å². The number of hydrogen-bond donors (Lipinski definition) is 1. The van der Waals surface area contributed by atoms with Crippen molar-refractivity contribution in [3.05, 3.63) is 89.8 Å².